The fraction of sp³-hybridized carbons (Fsp3) is 0.375. The molecule has 0 saturated heterocycles. The average molecular weight is 307 g/mol. The van der Waals surface area contributed by atoms with Crippen LogP contribution in [0.2, 0.25) is 0 Å². The molecule has 0 radical (unpaired) electrons. The van der Waals surface area contributed by atoms with Crippen LogP contribution < -0.4 is 4.72 Å². The maximum Gasteiger partial charge on any atom is 0.240 e. The number of benzene rings is 2. The molecule has 2 rings (SSSR count). The molecule has 0 aliphatic carbocycles. The molecule has 2 aromatic rings. The molecule has 0 spiro atoms. The van der Waals surface area contributed by atoms with Gasteiger partial charge in [0.25, 0.3) is 0 Å². The van der Waals surface area contributed by atoms with Crippen LogP contribution in [0.3, 0.4) is 0 Å². The Hall–Kier alpha value is -1.43. The fourth-order valence-corrected chi connectivity index (χ4v) is 3.03. The van der Waals surface area contributed by atoms with Crippen LogP contribution in [0.5, 0.6) is 0 Å². The van der Waals surface area contributed by atoms with Crippen molar-refractivity contribution in [3.63, 3.8) is 0 Å². The molecule has 0 aromatic heterocycles. The fourth-order valence-electron chi connectivity index (χ4n) is 1.99. The predicted octanol–water partition coefficient (Wildman–Crippen LogP) is 2.79. The summed E-state index contributed by atoms with van der Waals surface area (Å²) in [4.78, 5) is 0.282. The molecule has 0 saturated carbocycles. The van der Waals surface area contributed by atoms with Crippen molar-refractivity contribution >= 4 is 20.8 Å². The van der Waals surface area contributed by atoms with E-state index in [1.165, 1.54) is 0 Å². The van der Waals surface area contributed by atoms with Crippen LogP contribution in [-0.4, -0.2) is 28.2 Å². The number of sulfonamides is 1. The summed E-state index contributed by atoms with van der Waals surface area (Å²) in [5.74, 6) is 0.446. The summed E-state index contributed by atoms with van der Waals surface area (Å²) in [6.07, 6.45) is 0. The van der Waals surface area contributed by atoms with Crippen LogP contribution in [0.25, 0.3) is 10.8 Å². The molecule has 21 heavy (non-hydrogen) atoms. The minimum Gasteiger partial charge on any atom is -0.380 e. The lowest BCUT2D eigenvalue weighted by atomic mass is 10.1. The Morgan fingerprint density at radius 1 is 1.10 bits per heavy atom. The van der Waals surface area contributed by atoms with Gasteiger partial charge >= 0.3 is 0 Å². The van der Waals surface area contributed by atoms with Crippen LogP contribution in [0.15, 0.2) is 47.4 Å². The SMILES string of the molecule is CC(C)COCCNS(=O)(=O)c1ccc2ccccc2c1. The lowest BCUT2D eigenvalue weighted by Gasteiger charge is -2.09. The zero-order valence-electron chi connectivity index (χ0n) is 12.4. The third kappa shape index (κ3) is 4.52. The van der Waals surface area contributed by atoms with Crippen LogP contribution in [0.4, 0.5) is 0 Å². The monoisotopic (exact) mass is 307 g/mol. The molecule has 114 valence electrons. The Morgan fingerprint density at radius 2 is 1.81 bits per heavy atom. The van der Waals surface area contributed by atoms with Crippen molar-refractivity contribution in [2.24, 2.45) is 5.92 Å². The number of hydrogen-bond donors (Lipinski definition) is 1. The van der Waals surface area contributed by atoms with Gasteiger partial charge in [0.1, 0.15) is 0 Å². The highest BCUT2D eigenvalue weighted by Crippen LogP contribution is 2.18. The standard InChI is InChI=1S/C16H21NO3S/c1-13(2)12-20-10-9-17-21(18,19)16-8-7-14-5-3-4-6-15(14)11-16/h3-8,11,13,17H,9-10,12H2,1-2H3. The number of rotatable bonds is 7. The molecule has 0 unspecified atom stereocenters. The van der Waals surface area contributed by atoms with Gasteiger partial charge in [-0.25, -0.2) is 13.1 Å². The van der Waals surface area contributed by atoms with Crippen molar-refractivity contribution in [3.05, 3.63) is 42.5 Å². The molecule has 0 bridgehead atoms. The molecule has 0 fully saturated rings. The van der Waals surface area contributed by atoms with Gasteiger partial charge in [0, 0.05) is 13.2 Å². The van der Waals surface area contributed by atoms with Crippen molar-refractivity contribution in [2.75, 3.05) is 19.8 Å². The number of ether oxygens (including phenoxy) is 1. The van der Waals surface area contributed by atoms with Gasteiger partial charge in [-0.1, -0.05) is 44.2 Å². The van der Waals surface area contributed by atoms with Crippen LogP contribution in [0.1, 0.15) is 13.8 Å². The van der Waals surface area contributed by atoms with Crippen LogP contribution >= 0.6 is 0 Å². The van der Waals surface area contributed by atoms with E-state index in [1.807, 2.05) is 30.3 Å². The van der Waals surface area contributed by atoms with Gasteiger partial charge in [-0.3, -0.25) is 0 Å². The number of hydrogen-bond acceptors (Lipinski definition) is 3. The van der Waals surface area contributed by atoms with E-state index in [4.69, 9.17) is 4.74 Å². The predicted molar refractivity (Wildman–Crippen MR) is 84.8 cm³/mol. The first-order chi connectivity index (χ1) is 9.99. The highest BCUT2D eigenvalue weighted by molar-refractivity contribution is 7.89. The second kappa shape index (κ2) is 7.02. The van der Waals surface area contributed by atoms with Gasteiger partial charge in [-0.05, 0) is 28.8 Å². The van der Waals surface area contributed by atoms with E-state index < -0.39 is 10.0 Å². The Balaban J connectivity index is 2.00. The van der Waals surface area contributed by atoms with E-state index in [1.54, 1.807) is 12.1 Å². The molecule has 2 aromatic carbocycles. The van der Waals surface area contributed by atoms with Gasteiger partial charge in [-0.2, -0.15) is 0 Å². The van der Waals surface area contributed by atoms with E-state index in [0.29, 0.717) is 19.1 Å². The van der Waals surface area contributed by atoms with Crippen molar-refractivity contribution in [1.82, 2.24) is 4.72 Å². The van der Waals surface area contributed by atoms with E-state index in [9.17, 15) is 8.42 Å². The second-order valence-corrected chi connectivity index (χ2v) is 7.14. The first-order valence-corrected chi connectivity index (χ1v) is 8.53. The Labute approximate surface area is 126 Å². The molecular formula is C16H21NO3S. The molecule has 4 nitrogen and oxygen atoms in total. The minimum absolute atomic E-state index is 0.280. The minimum atomic E-state index is -3.48. The summed E-state index contributed by atoms with van der Waals surface area (Å²) in [6, 6.07) is 12.8. The largest absolute Gasteiger partial charge is 0.380 e. The lowest BCUT2D eigenvalue weighted by molar-refractivity contribution is 0.114. The molecule has 0 heterocycles. The highest BCUT2D eigenvalue weighted by Gasteiger charge is 2.13. The maximum absolute atomic E-state index is 12.2. The smallest absolute Gasteiger partial charge is 0.240 e. The highest BCUT2D eigenvalue weighted by atomic mass is 32.2. The van der Waals surface area contributed by atoms with Gasteiger partial charge in [0.2, 0.25) is 10.0 Å². The summed E-state index contributed by atoms with van der Waals surface area (Å²) < 4.78 is 32.3. The van der Waals surface area contributed by atoms with Gasteiger partial charge in [-0.15, -0.1) is 0 Å². The molecule has 0 amide bonds. The number of fused-ring (bicyclic) bond motifs is 1. The van der Waals surface area contributed by atoms with Crippen molar-refractivity contribution < 1.29 is 13.2 Å². The molecule has 0 aliphatic rings. The average Bonchev–Trinajstić information content (AvgIpc) is 2.46. The summed E-state index contributed by atoms with van der Waals surface area (Å²) in [5, 5.41) is 1.94. The zero-order valence-corrected chi connectivity index (χ0v) is 13.2. The topological polar surface area (TPSA) is 55.4 Å². The Morgan fingerprint density at radius 3 is 2.52 bits per heavy atom. The van der Waals surface area contributed by atoms with Crippen molar-refractivity contribution in [3.8, 4) is 0 Å². The third-order valence-electron chi connectivity index (χ3n) is 3.02. The summed E-state index contributed by atoms with van der Waals surface area (Å²) in [5.41, 5.74) is 0. The summed E-state index contributed by atoms with van der Waals surface area (Å²) in [7, 11) is -3.48. The van der Waals surface area contributed by atoms with Gasteiger partial charge in [0.05, 0.1) is 11.5 Å². The van der Waals surface area contributed by atoms with E-state index in [0.717, 1.165) is 10.8 Å². The molecule has 1 N–H and O–H groups in total. The normalized spacial score (nSPS) is 12.1. The molecule has 5 heteroatoms. The Bertz CT molecular complexity index is 695. The molecular weight excluding hydrogens is 286 g/mol. The van der Waals surface area contributed by atoms with E-state index >= 15 is 0 Å². The van der Waals surface area contributed by atoms with Crippen LogP contribution in [0, 0.1) is 5.92 Å². The third-order valence-corrected chi connectivity index (χ3v) is 4.48. The first-order valence-electron chi connectivity index (χ1n) is 7.05. The summed E-state index contributed by atoms with van der Waals surface area (Å²) in [6.45, 7) is 5.41. The van der Waals surface area contributed by atoms with E-state index in [-0.39, 0.29) is 11.4 Å². The van der Waals surface area contributed by atoms with Crippen molar-refractivity contribution in [2.45, 2.75) is 18.7 Å². The molecule has 0 aliphatic heterocycles. The Kier molecular flexibility index (Phi) is 5.33. The number of nitrogens with one attached hydrogen (secondary N) is 1. The lowest BCUT2D eigenvalue weighted by Crippen LogP contribution is -2.27. The quantitative estimate of drug-likeness (QED) is 0.800. The zero-order chi connectivity index (χ0) is 15.3. The van der Waals surface area contributed by atoms with Crippen LogP contribution in [-0.2, 0) is 14.8 Å². The maximum atomic E-state index is 12.2. The van der Waals surface area contributed by atoms with Gasteiger partial charge in [0.15, 0.2) is 0 Å². The molecule has 0 atom stereocenters. The first kappa shape index (κ1) is 15.9. The second-order valence-electron chi connectivity index (χ2n) is 5.38. The van der Waals surface area contributed by atoms with Gasteiger partial charge < -0.3 is 4.74 Å². The summed E-state index contributed by atoms with van der Waals surface area (Å²) >= 11 is 0. The van der Waals surface area contributed by atoms with E-state index in [2.05, 4.69) is 18.6 Å². The van der Waals surface area contributed by atoms with Crippen molar-refractivity contribution in [1.29, 1.82) is 0 Å².